The van der Waals surface area contributed by atoms with E-state index < -0.39 is 17.4 Å². The molecular formula is C13H23N3O4. The Kier molecular flexibility index (Phi) is 5.35. The summed E-state index contributed by atoms with van der Waals surface area (Å²) in [7, 11) is 0. The van der Waals surface area contributed by atoms with Gasteiger partial charge < -0.3 is 21.1 Å². The van der Waals surface area contributed by atoms with Gasteiger partial charge >= 0.3 is 12.0 Å². The van der Waals surface area contributed by atoms with Crippen LogP contribution in [0.15, 0.2) is 0 Å². The molecule has 0 saturated carbocycles. The molecule has 4 N–H and O–H groups in total. The van der Waals surface area contributed by atoms with Crippen LogP contribution in [0.3, 0.4) is 0 Å². The zero-order chi connectivity index (χ0) is 15.3. The number of urea groups is 1. The second-order valence-electron chi connectivity index (χ2n) is 5.17. The van der Waals surface area contributed by atoms with Crippen LogP contribution in [0.4, 0.5) is 4.79 Å². The van der Waals surface area contributed by atoms with Crippen molar-refractivity contribution >= 4 is 17.9 Å². The third-order valence-corrected chi connectivity index (χ3v) is 4.15. The molecule has 1 saturated heterocycles. The lowest BCUT2D eigenvalue weighted by Crippen LogP contribution is -2.53. The van der Waals surface area contributed by atoms with Crippen molar-refractivity contribution in [3.8, 4) is 0 Å². The van der Waals surface area contributed by atoms with Crippen LogP contribution in [0.2, 0.25) is 0 Å². The molecule has 7 heteroatoms. The van der Waals surface area contributed by atoms with Crippen molar-refractivity contribution in [1.82, 2.24) is 10.2 Å². The van der Waals surface area contributed by atoms with E-state index in [9.17, 15) is 19.5 Å². The molecule has 1 aliphatic rings. The lowest BCUT2D eigenvalue weighted by molar-refractivity contribution is -0.162. The highest BCUT2D eigenvalue weighted by molar-refractivity contribution is 6.01. The van der Waals surface area contributed by atoms with Crippen LogP contribution < -0.4 is 11.1 Å². The molecule has 7 nitrogen and oxygen atoms in total. The van der Waals surface area contributed by atoms with Gasteiger partial charge in [-0.15, -0.1) is 0 Å². The van der Waals surface area contributed by atoms with Gasteiger partial charge in [-0.3, -0.25) is 9.59 Å². The smallest absolute Gasteiger partial charge is 0.319 e. The van der Waals surface area contributed by atoms with Crippen LogP contribution in [-0.2, 0) is 9.59 Å². The number of hydrogen-bond acceptors (Lipinski definition) is 3. The Morgan fingerprint density at radius 2 is 1.75 bits per heavy atom. The monoisotopic (exact) mass is 285 g/mol. The minimum absolute atomic E-state index is 0.0426. The van der Waals surface area contributed by atoms with Gasteiger partial charge in [-0.1, -0.05) is 13.8 Å². The SMILES string of the molecule is CCC(CC)(C(=O)O)C(=O)N1CCC(NC(N)=O)CC1. The fourth-order valence-corrected chi connectivity index (χ4v) is 2.68. The quantitative estimate of drug-likeness (QED) is 0.640. The number of carboxylic acids is 1. The summed E-state index contributed by atoms with van der Waals surface area (Å²) >= 11 is 0. The minimum atomic E-state index is -1.33. The number of carbonyl (C=O) groups is 3. The molecule has 1 heterocycles. The van der Waals surface area contributed by atoms with Gasteiger partial charge in [-0.2, -0.15) is 0 Å². The van der Waals surface area contributed by atoms with Crippen LogP contribution in [-0.4, -0.2) is 47.0 Å². The Bertz CT molecular complexity index is 385. The molecule has 114 valence electrons. The lowest BCUT2D eigenvalue weighted by atomic mass is 9.80. The topological polar surface area (TPSA) is 113 Å². The summed E-state index contributed by atoms with van der Waals surface area (Å²) in [5.74, 6) is -1.39. The predicted molar refractivity (Wildman–Crippen MR) is 73.0 cm³/mol. The summed E-state index contributed by atoms with van der Waals surface area (Å²) in [4.78, 5) is 36.3. The van der Waals surface area contributed by atoms with Gasteiger partial charge in [0.15, 0.2) is 0 Å². The van der Waals surface area contributed by atoms with Gasteiger partial charge in [-0.05, 0) is 25.7 Å². The summed E-state index contributed by atoms with van der Waals surface area (Å²) in [6.07, 6.45) is 1.74. The Labute approximate surface area is 118 Å². The maximum Gasteiger partial charge on any atom is 0.319 e. The summed E-state index contributed by atoms with van der Waals surface area (Å²) < 4.78 is 0. The molecular weight excluding hydrogens is 262 g/mol. The van der Waals surface area contributed by atoms with E-state index in [-0.39, 0.29) is 24.8 Å². The Morgan fingerprint density at radius 3 is 2.10 bits per heavy atom. The number of hydrogen-bond donors (Lipinski definition) is 3. The molecule has 0 bridgehead atoms. The fraction of sp³-hybridized carbons (Fsp3) is 0.769. The van der Waals surface area contributed by atoms with Crippen molar-refractivity contribution < 1.29 is 19.5 Å². The standard InChI is InChI=1S/C13H23N3O4/c1-3-13(4-2,11(18)19)10(17)16-7-5-9(6-8-16)15-12(14)20/h9H,3-8H2,1-2H3,(H,18,19)(H3,14,15,20). The number of carboxylic acid groups (broad SMARTS) is 1. The highest BCUT2D eigenvalue weighted by Gasteiger charge is 2.45. The molecule has 20 heavy (non-hydrogen) atoms. The molecule has 0 aliphatic carbocycles. The zero-order valence-electron chi connectivity index (χ0n) is 12.0. The second-order valence-corrected chi connectivity index (χ2v) is 5.17. The van der Waals surface area contributed by atoms with Crippen molar-refractivity contribution in [1.29, 1.82) is 0 Å². The van der Waals surface area contributed by atoms with Gasteiger partial charge in [0.25, 0.3) is 0 Å². The Balaban J connectivity index is 2.70. The van der Waals surface area contributed by atoms with Crippen LogP contribution in [0.25, 0.3) is 0 Å². The summed E-state index contributed by atoms with van der Waals surface area (Å²) in [5, 5.41) is 12.0. The van der Waals surface area contributed by atoms with E-state index in [1.807, 2.05) is 0 Å². The van der Waals surface area contributed by atoms with E-state index in [4.69, 9.17) is 5.73 Å². The molecule has 1 aliphatic heterocycles. The third kappa shape index (κ3) is 3.20. The minimum Gasteiger partial charge on any atom is -0.480 e. The molecule has 3 amide bonds. The maximum absolute atomic E-state index is 12.5. The fourth-order valence-electron chi connectivity index (χ4n) is 2.68. The summed E-state index contributed by atoms with van der Waals surface area (Å²) in [5.41, 5.74) is 3.73. The van der Waals surface area contributed by atoms with Gasteiger partial charge in [0, 0.05) is 19.1 Å². The molecule has 1 rings (SSSR count). The lowest BCUT2D eigenvalue weighted by Gasteiger charge is -2.37. The first-order chi connectivity index (χ1) is 9.37. The summed E-state index contributed by atoms with van der Waals surface area (Å²) in [6, 6.07) is -0.615. The van der Waals surface area contributed by atoms with Gasteiger partial charge in [0.1, 0.15) is 5.41 Å². The van der Waals surface area contributed by atoms with Gasteiger partial charge in [0.05, 0.1) is 0 Å². The maximum atomic E-state index is 12.5. The van der Waals surface area contributed by atoms with Gasteiger partial charge in [0.2, 0.25) is 5.91 Å². The van der Waals surface area contributed by atoms with Gasteiger partial charge in [-0.25, -0.2) is 4.79 Å². The number of carbonyl (C=O) groups excluding carboxylic acids is 2. The number of nitrogens with two attached hydrogens (primary N) is 1. The van der Waals surface area contributed by atoms with Crippen molar-refractivity contribution in [2.24, 2.45) is 11.1 Å². The number of amides is 3. The number of rotatable bonds is 5. The average Bonchev–Trinajstić information content (AvgIpc) is 2.40. The zero-order valence-corrected chi connectivity index (χ0v) is 12.0. The molecule has 0 atom stereocenters. The van der Waals surface area contributed by atoms with Crippen LogP contribution in [0, 0.1) is 5.41 Å². The molecule has 0 aromatic rings. The molecule has 0 aromatic carbocycles. The largest absolute Gasteiger partial charge is 0.480 e. The van der Waals surface area contributed by atoms with E-state index in [1.54, 1.807) is 18.7 Å². The Hall–Kier alpha value is -1.79. The van der Waals surface area contributed by atoms with Crippen LogP contribution in [0.1, 0.15) is 39.5 Å². The van der Waals surface area contributed by atoms with E-state index in [2.05, 4.69) is 5.32 Å². The highest BCUT2D eigenvalue weighted by atomic mass is 16.4. The first-order valence-electron chi connectivity index (χ1n) is 6.96. The number of aliphatic carboxylic acids is 1. The van der Waals surface area contributed by atoms with E-state index in [1.165, 1.54) is 0 Å². The van der Waals surface area contributed by atoms with E-state index >= 15 is 0 Å². The van der Waals surface area contributed by atoms with Crippen LogP contribution in [0.5, 0.6) is 0 Å². The van der Waals surface area contributed by atoms with E-state index in [0.717, 1.165) is 0 Å². The molecule has 0 radical (unpaired) electrons. The van der Waals surface area contributed by atoms with E-state index in [0.29, 0.717) is 25.9 Å². The number of nitrogens with zero attached hydrogens (tertiary/aromatic N) is 1. The molecule has 0 aromatic heterocycles. The third-order valence-electron chi connectivity index (χ3n) is 4.15. The molecule has 1 fully saturated rings. The Morgan fingerprint density at radius 1 is 1.25 bits per heavy atom. The first kappa shape index (κ1) is 16.3. The number of primary amides is 1. The second kappa shape index (κ2) is 6.58. The number of likely N-dealkylation sites (tertiary alicyclic amines) is 1. The van der Waals surface area contributed by atoms with Crippen molar-refractivity contribution in [2.75, 3.05) is 13.1 Å². The summed E-state index contributed by atoms with van der Waals surface area (Å²) in [6.45, 7) is 4.32. The number of piperidine rings is 1. The number of nitrogens with one attached hydrogen (secondary N) is 1. The highest BCUT2D eigenvalue weighted by Crippen LogP contribution is 2.30. The normalized spacial score (nSPS) is 16.8. The first-order valence-corrected chi connectivity index (χ1v) is 6.96. The van der Waals surface area contributed by atoms with Crippen LogP contribution >= 0.6 is 0 Å². The molecule has 0 spiro atoms. The van der Waals surface area contributed by atoms with Crippen molar-refractivity contribution in [2.45, 2.75) is 45.6 Å². The van der Waals surface area contributed by atoms with Crippen molar-refractivity contribution in [3.63, 3.8) is 0 Å². The molecule has 0 unspecified atom stereocenters. The average molecular weight is 285 g/mol. The van der Waals surface area contributed by atoms with Crippen molar-refractivity contribution in [3.05, 3.63) is 0 Å². The predicted octanol–water partition coefficient (Wildman–Crippen LogP) is 0.537.